The molecule has 2 rings (SSSR count). The summed E-state index contributed by atoms with van der Waals surface area (Å²) in [5, 5.41) is 14.9. The van der Waals surface area contributed by atoms with Crippen LogP contribution in [0, 0.1) is 0 Å². The summed E-state index contributed by atoms with van der Waals surface area (Å²) in [5.41, 5.74) is 0.865. The van der Waals surface area contributed by atoms with E-state index in [0.717, 1.165) is 0 Å². The minimum Gasteiger partial charge on any atom is -0.508 e. The summed E-state index contributed by atoms with van der Waals surface area (Å²) in [6.45, 7) is 2.27. The van der Waals surface area contributed by atoms with Crippen LogP contribution in [0.3, 0.4) is 0 Å². The summed E-state index contributed by atoms with van der Waals surface area (Å²) < 4.78 is 38.2. The van der Waals surface area contributed by atoms with Crippen LogP contribution in [0.25, 0.3) is 0 Å². The van der Waals surface area contributed by atoms with E-state index in [1.807, 2.05) is 0 Å². The maximum Gasteiger partial charge on any atom is 0.267 e. The molecular weight excluding hydrogens is 442 g/mol. The number of sulfonamides is 1. The normalized spacial score (nSPS) is 10.8. The van der Waals surface area contributed by atoms with Gasteiger partial charge in [0.1, 0.15) is 22.1 Å². The maximum absolute atomic E-state index is 12.7. The van der Waals surface area contributed by atoms with Gasteiger partial charge in [-0.3, -0.25) is 9.52 Å². The van der Waals surface area contributed by atoms with Crippen LogP contribution in [0.4, 0.5) is 0 Å². The van der Waals surface area contributed by atoms with Crippen LogP contribution in [0.2, 0.25) is 0 Å². The molecular formula is C20H25N3O6S2. The molecule has 0 radical (unpaired) electrons. The number of methoxy groups -OCH3 is 1. The first-order valence-corrected chi connectivity index (χ1v) is 11.3. The molecule has 0 fully saturated rings. The quantitative estimate of drug-likeness (QED) is 0.410. The molecule has 168 valence electrons. The highest BCUT2D eigenvalue weighted by Gasteiger charge is 2.21. The Morgan fingerprint density at radius 3 is 2.52 bits per heavy atom. The predicted molar refractivity (Wildman–Crippen MR) is 120 cm³/mol. The summed E-state index contributed by atoms with van der Waals surface area (Å²) >= 11 is 4.90. The summed E-state index contributed by atoms with van der Waals surface area (Å²) in [6.07, 6.45) is 0.359. The lowest BCUT2D eigenvalue weighted by Gasteiger charge is -2.14. The average molecular weight is 468 g/mol. The summed E-state index contributed by atoms with van der Waals surface area (Å²) in [5.74, 6) is 0.0503. The van der Waals surface area contributed by atoms with Crippen molar-refractivity contribution in [1.29, 1.82) is 0 Å². The zero-order chi connectivity index (χ0) is 23.0. The largest absolute Gasteiger partial charge is 0.508 e. The molecule has 11 heteroatoms. The molecule has 0 heterocycles. The van der Waals surface area contributed by atoms with Crippen LogP contribution < -0.4 is 24.8 Å². The van der Waals surface area contributed by atoms with Crippen molar-refractivity contribution in [3.05, 3.63) is 47.5 Å². The van der Waals surface area contributed by atoms with Crippen molar-refractivity contribution in [2.45, 2.75) is 18.2 Å². The molecule has 2 aromatic rings. The number of nitrogens with one attached hydrogen (secondary N) is 3. The fourth-order valence-corrected chi connectivity index (χ4v) is 4.19. The number of carbonyl (C=O) groups excluding carboxylic acids is 1. The van der Waals surface area contributed by atoms with E-state index in [0.29, 0.717) is 24.3 Å². The van der Waals surface area contributed by atoms with Crippen molar-refractivity contribution in [3.8, 4) is 17.2 Å². The Bertz CT molecular complexity index is 1060. The minimum absolute atomic E-state index is 0.0415. The van der Waals surface area contributed by atoms with Gasteiger partial charge in [0.05, 0.1) is 19.3 Å². The molecule has 0 aliphatic rings. The fourth-order valence-electron chi connectivity index (χ4n) is 2.71. The first kappa shape index (κ1) is 24.2. The Morgan fingerprint density at radius 2 is 1.87 bits per heavy atom. The molecule has 1 amide bonds. The number of aromatic hydroxyl groups is 1. The second-order valence-electron chi connectivity index (χ2n) is 6.29. The van der Waals surface area contributed by atoms with E-state index in [1.165, 1.54) is 38.4 Å². The van der Waals surface area contributed by atoms with Crippen molar-refractivity contribution < 1.29 is 27.8 Å². The molecule has 0 atom stereocenters. The second-order valence-corrected chi connectivity index (χ2v) is 8.35. The molecule has 0 unspecified atom stereocenters. The Balaban J connectivity index is 2.16. The number of carbonyl (C=O) groups is 1. The Morgan fingerprint density at radius 1 is 1.16 bits per heavy atom. The standard InChI is InChI=1S/C20H25N3O6S2/c1-4-29-17-7-5-13(11-18(17)31(26,27)23-20(30)21-2)9-10-22-19(25)15-12-14(24)6-8-16(15)28-3/h5-8,11-12,24H,4,9-10H2,1-3H3,(H,22,25)(H2,21,23,30). The Kier molecular flexibility index (Phi) is 8.46. The molecule has 0 aromatic heterocycles. The van der Waals surface area contributed by atoms with Crippen LogP contribution in [-0.2, 0) is 16.4 Å². The lowest BCUT2D eigenvalue weighted by Crippen LogP contribution is -2.37. The van der Waals surface area contributed by atoms with Crippen molar-refractivity contribution in [1.82, 2.24) is 15.4 Å². The summed E-state index contributed by atoms with van der Waals surface area (Å²) in [4.78, 5) is 12.4. The highest BCUT2D eigenvalue weighted by Crippen LogP contribution is 2.26. The van der Waals surface area contributed by atoms with Gasteiger partial charge in [-0.25, -0.2) is 8.42 Å². The third kappa shape index (κ3) is 6.46. The number of amides is 1. The van der Waals surface area contributed by atoms with Gasteiger partial charge in [-0.1, -0.05) is 6.07 Å². The van der Waals surface area contributed by atoms with Crippen LogP contribution in [0.5, 0.6) is 17.2 Å². The first-order valence-electron chi connectivity index (χ1n) is 9.37. The van der Waals surface area contributed by atoms with Crippen LogP contribution in [-0.4, -0.2) is 51.9 Å². The van der Waals surface area contributed by atoms with E-state index in [-0.39, 0.29) is 33.6 Å². The second kappa shape index (κ2) is 10.8. The van der Waals surface area contributed by atoms with Crippen LogP contribution in [0.1, 0.15) is 22.8 Å². The molecule has 0 aliphatic heterocycles. The molecule has 0 saturated heterocycles. The van der Waals surface area contributed by atoms with Crippen molar-refractivity contribution in [2.24, 2.45) is 0 Å². The van der Waals surface area contributed by atoms with Gasteiger partial charge in [-0.05, 0) is 61.5 Å². The SMILES string of the molecule is CCOc1ccc(CCNC(=O)c2cc(O)ccc2OC)cc1S(=O)(=O)NC(=S)NC. The van der Waals surface area contributed by atoms with Crippen molar-refractivity contribution in [3.63, 3.8) is 0 Å². The smallest absolute Gasteiger partial charge is 0.267 e. The molecule has 0 aliphatic carbocycles. The van der Waals surface area contributed by atoms with E-state index < -0.39 is 15.9 Å². The predicted octanol–water partition coefficient (Wildman–Crippen LogP) is 1.55. The first-order chi connectivity index (χ1) is 14.7. The van der Waals surface area contributed by atoms with Crippen LogP contribution >= 0.6 is 12.2 Å². The molecule has 0 spiro atoms. The number of benzene rings is 2. The molecule has 9 nitrogen and oxygen atoms in total. The highest BCUT2D eigenvalue weighted by atomic mass is 32.2. The van der Waals surface area contributed by atoms with Gasteiger partial charge in [0.2, 0.25) is 0 Å². The number of rotatable bonds is 9. The number of thiocarbonyl (C=S) groups is 1. The van der Waals surface area contributed by atoms with Crippen molar-refractivity contribution >= 4 is 33.3 Å². The lowest BCUT2D eigenvalue weighted by atomic mass is 10.1. The van der Waals surface area contributed by atoms with Crippen molar-refractivity contribution in [2.75, 3.05) is 27.3 Å². The number of hydrogen-bond donors (Lipinski definition) is 4. The average Bonchev–Trinajstić information content (AvgIpc) is 2.74. The topological polar surface area (TPSA) is 126 Å². The van der Waals surface area contributed by atoms with Gasteiger partial charge in [-0.2, -0.15) is 0 Å². The fraction of sp³-hybridized carbons (Fsp3) is 0.300. The van der Waals surface area contributed by atoms with E-state index in [1.54, 1.807) is 19.1 Å². The van der Waals surface area contributed by atoms with Gasteiger partial charge in [0, 0.05) is 13.6 Å². The zero-order valence-corrected chi connectivity index (χ0v) is 19.0. The van der Waals surface area contributed by atoms with Gasteiger partial charge in [0.15, 0.2) is 5.11 Å². The van der Waals surface area contributed by atoms with E-state index in [4.69, 9.17) is 21.7 Å². The molecule has 0 saturated carbocycles. The Labute approximate surface area is 186 Å². The Hall–Kier alpha value is -3.05. The van der Waals surface area contributed by atoms with Gasteiger partial charge in [-0.15, -0.1) is 0 Å². The van der Waals surface area contributed by atoms with Gasteiger partial charge < -0.3 is 25.2 Å². The zero-order valence-electron chi connectivity index (χ0n) is 17.4. The minimum atomic E-state index is -3.96. The molecule has 31 heavy (non-hydrogen) atoms. The monoisotopic (exact) mass is 467 g/mol. The molecule has 4 N–H and O–H groups in total. The number of hydrogen-bond acceptors (Lipinski definition) is 7. The summed E-state index contributed by atoms with van der Waals surface area (Å²) in [6, 6.07) is 9.00. The number of phenolic OH excluding ortho intramolecular Hbond substituents is 1. The highest BCUT2D eigenvalue weighted by molar-refractivity contribution is 7.92. The molecule has 2 aromatic carbocycles. The van der Waals surface area contributed by atoms with E-state index in [2.05, 4.69) is 15.4 Å². The lowest BCUT2D eigenvalue weighted by molar-refractivity contribution is 0.0950. The van der Waals surface area contributed by atoms with Gasteiger partial charge in [0.25, 0.3) is 15.9 Å². The van der Waals surface area contributed by atoms with Crippen LogP contribution in [0.15, 0.2) is 41.3 Å². The third-order valence-electron chi connectivity index (χ3n) is 4.18. The maximum atomic E-state index is 12.7. The summed E-state index contributed by atoms with van der Waals surface area (Å²) in [7, 11) is -1.02. The van der Waals surface area contributed by atoms with Gasteiger partial charge >= 0.3 is 0 Å². The number of phenols is 1. The number of ether oxygens (including phenoxy) is 2. The van der Waals surface area contributed by atoms with E-state index >= 15 is 0 Å². The van der Waals surface area contributed by atoms with E-state index in [9.17, 15) is 18.3 Å². The third-order valence-corrected chi connectivity index (χ3v) is 5.98. The molecule has 0 bridgehead atoms.